The molecule has 0 aliphatic carbocycles. The van der Waals surface area contributed by atoms with Crippen molar-refractivity contribution in [3.8, 4) is 11.4 Å². The molecule has 1 aromatic carbocycles. The number of rotatable bonds is 15. The Kier molecular flexibility index (Phi) is 13.2. The fraction of sp³-hybridized carbons (Fsp3) is 0.448. The molecule has 2 aromatic rings. The van der Waals surface area contributed by atoms with Crippen LogP contribution < -0.4 is 0 Å². The Morgan fingerprint density at radius 2 is 1.95 bits per heavy atom. The van der Waals surface area contributed by atoms with Crippen LogP contribution in [0.25, 0.3) is 11.4 Å². The van der Waals surface area contributed by atoms with Gasteiger partial charge in [-0.3, -0.25) is 4.90 Å². The summed E-state index contributed by atoms with van der Waals surface area (Å²) in [4.78, 5) is 5.98. The Labute approximate surface area is 223 Å². The van der Waals surface area contributed by atoms with Crippen LogP contribution in [0, 0.1) is 11.6 Å². The summed E-state index contributed by atoms with van der Waals surface area (Å²) in [5, 5.41) is 22.2. The summed E-state index contributed by atoms with van der Waals surface area (Å²) < 4.78 is 39.8. The molecule has 0 saturated heterocycles. The van der Waals surface area contributed by atoms with E-state index in [0.29, 0.717) is 18.6 Å². The second-order valence-electron chi connectivity index (χ2n) is 9.33. The third-order valence-electron chi connectivity index (χ3n) is 5.61. The van der Waals surface area contributed by atoms with Crippen molar-refractivity contribution in [2.45, 2.75) is 58.8 Å². The first-order chi connectivity index (χ1) is 18.1. The maximum absolute atomic E-state index is 14.7. The first-order valence-corrected chi connectivity index (χ1v) is 12.7. The molecular formula is C29H39F2N3O4. The summed E-state index contributed by atoms with van der Waals surface area (Å²) in [5.74, 6) is -2.18. The van der Waals surface area contributed by atoms with Gasteiger partial charge in [0.25, 0.3) is 0 Å². The molecule has 38 heavy (non-hydrogen) atoms. The van der Waals surface area contributed by atoms with Crippen molar-refractivity contribution in [2.24, 2.45) is 0 Å². The number of aliphatic hydroxyl groups is 2. The number of methoxy groups -OCH3 is 1. The molecule has 0 aliphatic heterocycles. The Hall–Kier alpha value is -2.98. The highest BCUT2D eigenvalue weighted by Gasteiger charge is 2.21. The van der Waals surface area contributed by atoms with Crippen LogP contribution in [0.3, 0.4) is 0 Å². The van der Waals surface area contributed by atoms with Gasteiger partial charge < -0.3 is 19.5 Å². The molecule has 9 heteroatoms. The van der Waals surface area contributed by atoms with Crippen LogP contribution in [0.2, 0.25) is 0 Å². The van der Waals surface area contributed by atoms with E-state index < -0.39 is 17.9 Å². The zero-order valence-electron chi connectivity index (χ0n) is 22.8. The maximum atomic E-state index is 14.7. The van der Waals surface area contributed by atoms with Gasteiger partial charge in [-0.1, -0.05) is 59.7 Å². The normalized spacial score (nSPS) is 14.1. The third-order valence-corrected chi connectivity index (χ3v) is 5.61. The highest BCUT2D eigenvalue weighted by atomic mass is 19.2. The summed E-state index contributed by atoms with van der Waals surface area (Å²) in [6.45, 7) is 6.66. The van der Waals surface area contributed by atoms with Gasteiger partial charge in [0.2, 0.25) is 11.7 Å². The lowest BCUT2D eigenvalue weighted by molar-refractivity contribution is -0.0584. The van der Waals surface area contributed by atoms with Crippen molar-refractivity contribution in [3.05, 3.63) is 82.8 Å². The molecule has 208 valence electrons. The predicted octanol–water partition coefficient (Wildman–Crippen LogP) is 5.68. The van der Waals surface area contributed by atoms with Crippen molar-refractivity contribution in [2.75, 3.05) is 27.3 Å². The zero-order chi connectivity index (χ0) is 28.1. The topological polar surface area (TPSA) is 91.9 Å². The second kappa shape index (κ2) is 16.1. The van der Waals surface area contributed by atoms with Gasteiger partial charge in [-0.15, -0.1) is 0 Å². The highest BCUT2D eigenvalue weighted by Crippen LogP contribution is 2.28. The molecule has 0 saturated carbocycles. The van der Waals surface area contributed by atoms with Crippen LogP contribution in [-0.4, -0.2) is 58.9 Å². The fourth-order valence-corrected chi connectivity index (χ4v) is 3.97. The molecule has 2 N–H and O–H groups in total. The van der Waals surface area contributed by atoms with Gasteiger partial charge in [0.05, 0.1) is 18.1 Å². The second-order valence-corrected chi connectivity index (χ2v) is 9.33. The van der Waals surface area contributed by atoms with Crippen LogP contribution >= 0.6 is 0 Å². The molecule has 0 amide bonds. The van der Waals surface area contributed by atoms with E-state index >= 15 is 0 Å². The SMILES string of the molecule is CCC=C(C)C=CCC=CCC(C=C(C)COC)c1nc(-c2cc(CN(C)CC(O)O)cc(F)c2F)no1. The number of hydrogen-bond acceptors (Lipinski definition) is 7. The average Bonchev–Trinajstić information content (AvgIpc) is 3.32. The number of nitrogens with zero attached hydrogens (tertiary/aromatic N) is 3. The minimum atomic E-state index is -1.54. The van der Waals surface area contributed by atoms with Crippen LogP contribution in [0.15, 0.2) is 64.3 Å². The van der Waals surface area contributed by atoms with E-state index in [1.807, 2.05) is 19.1 Å². The van der Waals surface area contributed by atoms with Gasteiger partial charge in [0, 0.05) is 20.2 Å². The molecule has 7 nitrogen and oxygen atoms in total. The molecule has 0 aliphatic rings. The van der Waals surface area contributed by atoms with Crippen molar-refractivity contribution in [1.29, 1.82) is 0 Å². The number of benzene rings is 1. The molecule has 0 radical (unpaired) electrons. The zero-order valence-corrected chi connectivity index (χ0v) is 22.8. The Bertz CT molecular complexity index is 1140. The van der Waals surface area contributed by atoms with Gasteiger partial charge in [-0.05, 0) is 57.9 Å². The van der Waals surface area contributed by atoms with Crippen molar-refractivity contribution >= 4 is 0 Å². The smallest absolute Gasteiger partial charge is 0.234 e. The summed E-state index contributed by atoms with van der Waals surface area (Å²) in [5.41, 5.74) is 2.50. The Morgan fingerprint density at radius 1 is 1.18 bits per heavy atom. The molecule has 1 heterocycles. The van der Waals surface area contributed by atoms with Crippen LogP contribution in [0.5, 0.6) is 0 Å². The summed E-state index contributed by atoms with van der Waals surface area (Å²) >= 11 is 0. The minimum Gasteiger partial charge on any atom is -0.380 e. The highest BCUT2D eigenvalue weighted by molar-refractivity contribution is 5.57. The summed E-state index contributed by atoms with van der Waals surface area (Å²) in [6, 6.07) is 2.51. The minimum absolute atomic E-state index is 0.0477. The lowest BCUT2D eigenvalue weighted by Crippen LogP contribution is -2.28. The van der Waals surface area contributed by atoms with E-state index in [1.54, 1.807) is 19.1 Å². The molecular weight excluding hydrogens is 492 g/mol. The number of hydrogen-bond donors (Lipinski definition) is 2. The monoisotopic (exact) mass is 531 g/mol. The number of halogens is 2. The van der Waals surface area contributed by atoms with Gasteiger partial charge >= 0.3 is 0 Å². The number of allylic oxidation sites excluding steroid dienone is 7. The molecule has 1 atom stereocenters. The number of likely N-dealkylation sites (N-methyl/N-ethyl adjacent to an activating group) is 1. The third kappa shape index (κ3) is 10.4. The van der Waals surface area contributed by atoms with E-state index in [4.69, 9.17) is 19.5 Å². The van der Waals surface area contributed by atoms with Gasteiger partial charge in [-0.2, -0.15) is 4.98 Å². The number of aliphatic hydroxyl groups excluding tert-OH is 1. The Balaban J connectivity index is 2.26. The van der Waals surface area contributed by atoms with E-state index in [1.165, 1.54) is 11.6 Å². The van der Waals surface area contributed by atoms with Crippen LogP contribution in [0.1, 0.15) is 57.4 Å². The summed E-state index contributed by atoms with van der Waals surface area (Å²) in [6.07, 6.45) is 13.2. The molecule has 0 spiro atoms. The Morgan fingerprint density at radius 3 is 2.63 bits per heavy atom. The van der Waals surface area contributed by atoms with Crippen LogP contribution in [-0.2, 0) is 11.3 Å². The average molecular weight is 532 g/mol. The van der Waals surface area contributed by atoms with E-state index in [-0.39, 0.29) is 36.3 Å². The quantitative estimate of drug-likeness (QED) is 0.173. The first kappa shape index (κ1) is 31.2. The molecule has 1 aromatic heterocycles. The molecule has 0 bridgehead atoms. The van der Waals surface area contributed by atoms with Gasteiger partial charge in [-0.25, -0.2) is 8.78 Å². The van der Waals surface area contributed by atoms with Gasteiger partial charge in [0.1, 0.15) is 0 Å². The van der Waals surface area contributed by atoms with E-state index in [0.717, 1.165) is 24.5 Å². The maximum Gasteiger partial charge on any atom is 0.234 e. The molecule has 2 rings (SSSR count). The lowest BCUT2D eigenvalue weighted by Gasteiger charge is -2.18. The van der Waals surface area contributed by atoms with E-state index in [2.05, 4.69) is 48.3 Å². The molecule has 0 fully saturated rings. The first-order valence-electron chi connectivity index (χ1n) is 12.7. The van der Waals surface area contributed by atoms with Crippen molar-refractivity contribution in [3.63, 3.8) is 0 Å². The summed E-state index contributed by atoms with van der Waals surface area (Å²) in [7, 11) is 3.25. The van der Waals surface area contributed by atoms with Gasteiger partial charge in [0.15, 0.2) is 17.9 Å². The largest absolute Gasteiger partial charge is 0.380 e. The standard InChI is InChI=1S/C29H39F2N3O4/c1-6-11-20(2)12-9-7-8-10-13-23(14-21(3)19-37-5)29-32-28(33-38-29)24-15-22(16-25(30)27(24)31)17-34(4)18-26(35)36/h8-12,14-16,23,26,35-36H,6-7,13,17-19H2,1-5H3. The van der Waals surface area contributed by atoms with Crippen LogP contribution in [0.4, 0.5) is 8.78 Å². The van der Waals surface area contributed by atoms with E-state index in [9.17, 15) is 8.78 Å². The number of ether oxygens (including phenoxy) is 1. The van der Waals surface area contributed by atoms with Crippen molar-refractivity contribution < 1.29 is 28.3 Å². The molecule has 1 unspecified atom stereocenters. The predicted molar refractivity (Wildman–Crippen MR) is 144 cm³/mol. The van der Waals surface area contributed by atoms with Crippen molar-refractivity contribution in [1.82, 2.24) is 15.0 Å². The number of aromatic nitrogens is 2. The fourth-order valence-electron chi connectivity index (χ4n) is 3.97. The lowest BCUT2D eigenvalue weighted by atomic mass is 10.0.